The van der Waals surface area contributed by atoms with Gasteiger partial charge in [0.1, 0.15) is 0 Å². The van der Waals surface area contributed by atoms with Crippen LogP contribution in [0.1, 0.15) is 63.9 Å². The molecule has 0 aliphatic carbocycles. The molecule has 2 nitrogen and oxygen atoms in total. The van der Waals surface area contributed by atoms with Crippen molar-refractivity contribution in [1.29, 1.82) is 0 Å². The van der Waals surface area contributed by atoms with Crippen LogP contribution < -0.4 is 0 Å². The summed E-state index contributed by atoms with van der Waals surface area (Å²) in [7, 11) is 0. The molecular formula is C17H28O2. The number of carboxylic acids is 1. The van der Waals surface area contributed by atoms with Gasteiger partial charge >= 0.3 is 5.97 Å². The Morgan fingerprint density at radius 1 is 0.947 bits per heavy atom. The fraction of sp³-hybridized carbons (Fsp3) is 0.588. The number of hydrogen-bond donors (Lipinski definition) is 1. The minimum atomic E-state index is -0.663. The van der Waals surface area contributed by atoms with Gasteiger partial charge in [-0.05, 0) is 13.3 Å². The number of aryl methyl sites for hydroxylation is 1. The van der Waals surface area contributed by atoms with Crippen molar-refractivity contribution >= 4 is 5.97 Å². The van der Waals surface area contributed by atoms with Gasteiger partial charge < -0.3 is 5.11 Å². The van der Waals surface area contributed by atoms with E-state index in [1.165, 1.54) is 37.7 Å². The predicted octanol–water partition coefficient (Wildman–Crippen LogP) is 5.21. The number of carbonyl (C=O) groups is 1. The van der Waals surface area contributed by atoms with Crippen LogP contribution in [0.25, 0.3) is 0 Å². The van der Waals surface area contributed by atoms with Crippen LogP contribution in [0.5, 0.6) is 0 Å². The second-order valence-corrected chi connectivity index (χ2v) is 4.92. The zero-order valence-electron chi connectivity index (χ0n) is 12.4. The number of hydrogen-bond acceptors (Lipinski definition) is 1. The molecule has 2 heteroatoms. The molecular weight excluding hydrogens is 236 g/mol. The molecule has 0 aliphatic heterocycles. The van der Waals surface area contributed by atoms with Crippen LogP contribution in [0, 0.1) is 6.92 Å². The average molecular weight is 264 g/mol. The highest BCUT2D eigenvalue weighted by atomic mass is 16.4. The number of rotatable bonds is 8. The molecule has 0 fully saturated rings. The number of aliphatic carboxylic acids is 1. The van der Waals surface area contributed by atoms with Crippen molar-refractivity contribution in [1.82, 2.24) is 0 Å². The lowest BCUT2D eigenvalue weighted by Crippen LogP contribution is -1.93. The van der Waals surface area contributed by atoms with Gasteiger partial charge in [-0.15, -0.1) is 0 Å². The molecule has 0 heterocycles. The van der Waals surface area contributed by atoms with Crippen LogP contribution in [0.15, 0.2) is 30.3 Å². The normalized spacial score (nSPS) is 9.58. The van der Waals surface area contributed by atoms with Gasteiger partial charge in [-0.25, -0.2) is 0 Å². The first kappa shape index (κ1) is 17.7. The molecule has 0 saturated heterocycles. The SMILES string of the molecule is CCCCCCCCCC(=O)O.Cc1ccccc1. The van der Waals surface area contributed by atoms with Crippen LogP contribution in [-0.4, -0.2) is 11.1 Å². The van der Waals surface area contributed by atoms with E-state index in [1.807, 2.05) is 18.2 Å². The highest BCUT2D eigenvalue weighted by molar-refractivity contribution is 5.66. The minimum absolute atomic E-state index is 0.341. The van der Waals surface area contributed by atoms with Crippen LogP contribution in [0.2, 0.25) is 0 Å². The summed E-state index contributed by atoms with van der Waals surface area (Å²) in [4.78, 5) is 10.1. The summed E-state index contributed by atoms with van der Waals surface area (Å²) in [6, 6.07) is 10.3. The van der Waals surface area contributed by atoms with Gasteiger partial charge in [0.15, 0.2) is 0 Å². The lowest BCUT2D eigenvalue weighted by Gasteiger charge is -1.98. The smallest absolute Gasteiger partial charge is 0.303 e. The van der Waals surface area contributed by atoms with E-state index in [2.05, 4.69) is 26.0 Å². The van der Waals surface area contributed by atoms with Crippen molar-refractivity contribution in [3.63, 3.8) is 0 Å². The Morgan fingerprint density at radius 3 is 1.89 bits per heavy atom. The lowest BCUT2D eigenvalue weighted by atomic mass is 10.1. The van der Waals surface area contributed by atoms with Crippen molar-refractivity contribution in [3.8, 4) is 0 Å². The summed E-state index contributed by atoms with van der Waals surface area (Å²) in [5, 5.41) is 8.35. The van der Waals surface area contributed by atoms with Gasteiger partial charge in [0.2, 0.25) is 0 Å². The first-order valence-corrected chi connectivity index (χ1v) is 7.40. The van der Waals surface area contributed by atoms with Crippen molar-refractivity contribution in [2.75, 3.05) is 0 Å². The molecule has 0 atom stereocenters. The van der Waals surface area contributed by atoms with E-state index >= 15 is 0 Å². The van der Waals surface area contributed by atoms with Crippen molar-refractivity contribution in [3.05, 3.63) is 35.9 Å². The molecule has 1 aromatic carbocycles. The predicted molar refractivity (Wildman–Crippen MR) is 81.4 cm³/mol. The van der Waals surface area contributed by atoms with Gasteiger partial charge in [-0.1, -0.05) is 81.3 Å². The third-order valence-electron chi connectivity index (χ3n) is 2.93. The quantitative estimate of drug-likeness (QED) is 0.655. The topological polar surface area (TPSA) is 37.3 Å². The summed E-state index contributed by atoms with van der Waals surface area (Å²) < 4.78 is 0. The van der Waals surface area contributed by atoms with Crippen LogP contribution in [0.3, 0.4) is 0 Å². The molecule has 0 radical (unpaired) electrons. The van der Waals surface area contributed by atoms with Gasteiger partial charge in [0.05, 0.1) is 0 Å². The molecule has 0 saturated carbocycles. The Labute approximate surface area is 117 Å². The fourth-order valence-electron chi connectivity index (χ4n) is 1.77. The zero-order valence-corrected chi connectivity index (χ0v) is 12.4. The molecule has 0 amide bonds. The Bertz CT molecular complexity index is 306. The first-order valence-electron chi connectivity index (χ1n) is 7.40. The standard InChI is InChI=1S/C10H20O2.C7H8/c1-2-3-4-5-6-7-8-9-10(11)12;1-7-5-3-2-4-6-7/h2-9H2,1H3,(H,11,12);2-6H,1H3. The first-order chi connectivity index (χ1) is 9.16. The molecule has 19 heavy (non-hydrogen) atoms. The second kappa shape index (κ2) is 13.1. The van der Waals surface area contributed by atoms with E-state index in [0.717, 1.165) is 12.8 Å². The van der Waals surface area contributed by atoms with Gasteiger partial charge in [-0.2, -0.15) is 0 Å². The van der Waals surface area contributed by atoms with E-state index in [9.17, 15) is 4.79 Å². The highest BCUT2D eigenvalue weighted by Crippen LogP contribution is 2.07. The molecule has 1 rings (SSSR count). The fourth-order valence-corrected chi connectivity index (χ4v) is 1.77. The maximum Gasteiger partial charge on any atom is 0.303 e. The number of carboxylic acid groups (broad SMARTS) is 1. The summed E-state index contributed by atoms with van der Waals surface area (Å²) in [6.45, 7) is 4.28. The summed E-state index contributed by atoms with van der Waals surface area (Å²) in [5.41, 5.74) is 1.32. The molecule has 0 aromatic heterocycles. The third kappa shape index (κ3) is 14.6. The van der Waals surface area contributed by atoms with E-state index in [0.29, 0.717) is 6.42 Å². The summed E-state index contributed by atoms with van der Waals surface area (Å²) in [5.74, 6) is -0.663. The minimum Gasteiger partial charge on any atom is -0.481 e. The van der Waals surface area contributed by atoms with E-state index < -0.39 is 5.97 Å². The Balaban J connectivity index is 0.000000388. The molecule has 0 spiro atoms. The maximum absolute atomic E-state index is 10.1. The Kier molecular flexibility index (Phi) is 12.2. The number of benzene rings is 1. The van der Waals surface area contributed by atoms with Crippen molar-refractivity contribution in [2.45, 2.75) is 65.2 Å². The van der Waals surface area contributed by atoms with Gasteiger partial charge in [0, 0.05) is 6.42 Å². The third-order valence-corrected chi connectivity index (χ3v) is 2.93. The number of unbranched alkanes of at least 4 members (excludes halogenated alkanes) is 6. The van der Waals surface area contributed by atoms with E-state index in [4.69, 9.17) is 5.11 Å². The molecule has 0 aliphatic rings. The van der Waals surface area contributed by atoms with Crippen molar-refractivity contribution in [2.24, 2.45) is 0 Å². The average Bonchev–Trinajstić information content (AvgIpc) is 2.39. The van der Waals surface area contributed by atoms with E-state index in [1.54, 1.807) is 0 Å². The Morgan fingerprint density at radius 2 is 1.47 bits per heavy atom. The Hall–Kier alpha value is -1.31. The molecule has 0 bridgehead atoms. The second-order valence-electron chi connectivity index (χ2n) is 4.92. The summed E-state index contributed by atoms with van der Waals surface area (Å²) in [6.07, 6.45) is 8.64. The largest absolute Gasteiger partial charge is 0.481 e. The van der Waals surface area contributed by atoms with E-state index in [-0.39, 0.29) is 0 Å². The lowest BCUT2D eigenvalue weighted by molar-refractivity contribution is -0.137. The maximum atomic E-state index is 10.1. The molecule has 108 valence electrons. The van der Waals surface area contributed by atoms with Crippen LogP contribution in [0.4, 0.5) is 0 Å². The zero-order chi connectivity index (χ0) is 14.3. The monoisotopic (exact) mass is 264 g/mol. The molecule has 0 unspecified atom stereocenters. The molecule has 1 aromatic rings. The van der Waals surface area contributed by atoms with Crippen molar-refractivity contribution < 1.29 is 9.90 Å². The molecule has 1 N–H and O–H groups in total. The van der Waals surface area contributed by atoms with Crippen LogP contribution in [-0.2, 0) is 4.79 Å². The van der Waals surface area contributed by atoms with Crippen LogP contribution >= 0.6 is 0 Å². The van der Waals surface area contributed by atoms with Gasteiger partial charge in [0.25, 0.3) is 0 Å². The highest BCUT2D eigenvalue weighted by Gasteiger charge is 1.95. The van der Waals surface area contributed by atoms with Gasteiger partial charge in [-0.3, -0.25) is 4.79 Å². The summed E-state index contributed by atoms with van der Waals surface area (Å²) >= 11 is 0.